The zero-order valence-corrected chi connectivity index (χ0v) is 8.37. The van der Waals surface area contributed by atoms with Crippen LogP contribution in [0.3, 0.4) is 0 Å². The molecule has 3 nitrogen and oxygen atoms in total. The first kappa shape index (κ1) is 9.44. The van der Waals surface area contributed by atoms with Gasteiger partial charge < -0.3 is 10.8 Å². The molecule has 0 spiro atoms. The average Bonchev–Trinajstić information content (AvgIpc) is 2.56. The minimum Gasteiger partial charge on any atom is -0.389 e. The summed E-state index contributed by atoms with van der Waals surface area (Å²) in [6, 6.07) is 0.692. The second-order valence-electron chi connectivity index (χ2n) is 4.81. The van der Waals surface area contributed by atoms with Crippen molar-refractivity contribution in [1.82, 2.24) is 4.90 Å². The molecule has 3 atom stereocenters. The van der Waals surface area contributed by atoms with Gasteiger partial charge >= 0.3 is 0 Å². The topological polar surface area (TPSA) is 49.5 Å². The van der Waals surface area contributed by atoms with Crippen molar-refractivity contribution in [1.29, 1.82) is 0 Å². The Labute approximate surface area is 79.9 Å². The van der Waals surface area contributed by atoms with Crippen molar-refractivity contribution in [3.63, 3.8) is 0 Å². The van der Waals surface area contributed by atoms with Gasteiger partial charge in [-0.25, -0.2) is 0 Å². The van der Waals surface area contributed by atoms with E-state index in [0.29, 0.717) is 12.1 Å². The summed E-state index contributed by atoms with van der Waals surface area (Å²) < 4.78 is 0. The Morgan fingerprint density at radius 1 is 1.46 bits per heavy atom. The third-order valence-corrected chi connectivity index (χ3v) is 3.58. The summed E-state index contributed by atoms with van der Waals surface area (Å²) in [5, 5.41) is 10.1. The van der Waals surface area contributed by atoms with Gasteiger partial charge in [0.2, 0.25) is 0 Å². The predicted molar refractivity (Wildman–Crippen MR) is 52.4 cm³/mol. The van der Waals surface area contributed by atoms with Gasteiger partial charge in [0.1, 0.15) is 0 Å². The van der Waals surface area contributed by atoms with Crippen LogP contribution in [0.1, 0.15) is 32.6 Å². The number of hydrogen-bond donors (Lipinski definition) is 2. The highest BCUT2D eigenvalue weighted by molar-refractivity contribution is 4.97. The van der Waals surface area contributed by atoms with E-state index in [9.17, 15) is 5.11 Å². The van der Waals surface area contributed by atoms with Crippen LogP contribution >= 0.6 is 0 Å². The number of likely N-dealkylation sites (tertiary alicyclic amines) is 1. The van der Waals surface area contributed by atoms with Crippen LogP contribution in [0.4, 0.5) is 0 Å². The Balaban J connectivity index is 2.00. The summed E-state index contributed by atoms with van der Waals surface area (Å²) in [4.78, 5) is 2.37. The molecule has 1 aliphatic carbocycles. The van der Waals surface area contributed by atoms with Crippen molar-refractivity contribution in [2.45, 2.75) is 50.3 Å². The largest absolute Gasteiger partial charge is 0.389 e. The van der Waals surface area contributed by atoms with E-state index in [1.54, 1.807) is 0 Å². The molecule has 1 saturated carbocycles. The van der Waals surface area contributed by atoms with E-state index >= 15 is 0 Å². The smallest absolute Gasteiger partial charge is 0.0774 e. The van der Waals surface area contributed by atoms with Crippen LogP contribution < -0.4 is 5.73 Å². The summed E-state index contributed by atoms with van der Waals surface area (Å²) in [5.74, 6) is 0. The highest BCUT2D eigenvalue weighted by atomic mass is 16.3. The third-order valence-electron chi connectivity index (χ3n) is 3.58. The molecule has 1 aliphatic heterocycles. The molecule has 3 N–H and O–H groups in total. The standard InChI is InChI=1S/C10H20N2O/c1-10(13)5-2-3-9(10)12-6-4-8(11)7-12/h8-9,13H,2-7,11H2,1H3/t8-,9?,10?/m0/s1. The predicted octanol–water partition coefficient (Wildman–Crippen LogP) is 0.323. The summed E-state index contributed by atoms with van der Waals surface area (Å²) in [7, 11) is 0. The minimum absolute atomic E-state index is 0.330. The Hall–Kier alpha value is -0.120. The second kappa shape index (κ2) is 3.23. The second-order valence-corrected chi connectivity index (χ2v) is 4.81. The molecule has 2 rings (SSSR count). The van der Waals surface area contributed by atoms with E-state index in [-0.39, 0.29) is 0 Å². The third kappa shape index (κ3) is 1.73. The number of aliphatic hydroxyl groups is 1. The van der Waals surface area contributed by atoms with Crippen LogP contribution in [0, 0.1) is 0 Å². The van der Waals surface area contributed by atoms with E-state index in [2.05, 4.69) is 4.90 Å². The van der Waals surface area contributed by atoms with Gasteiger partial charge in [0.15, 0.2) is 0 Å². The molecule has 3 heteroatoms. The summed E-state index contributed by atoms with van der Waals surface area (Å²) in [5.41, 5.74) is 5.39. The molecular weight excluding hydrogens is 164 g/mol. The zero-order valence-electron chi connectivity index (χ0n) is 8.37. The van der Waals surface area contributed by atoms with Crippen LogP contribution in [0.25, 0.3) is 0 Å². The lowest BCUT2D eigenvalue weighted by atomic mass is 9.99. The Morgan fingerprint density at radius 3 is 2.69 bits per heavy atom. The fourth-order valence-corrected chi connectivity index (χ4v) is 2.81. The molecule has 13 heavy (non-hydrogen) atoms. The quantitative estimate of drug-likeness (QED) is 0.617. The molecule has 0 bridgehead atoms. The molecule has 1 saturated heterocycles. The Morgan fingerprint density at radius 2 is 2.23 bits per heavy atom. The van der Waals surface area contributed by atoms with Crippen molar-refractivity contribution in [3.8, 4) is 0 Å². The fourth-order valence-electron chi connectivity index (χ4n) is 2.81. The van der Waals surface area contributed by atoms with E-state index in [1.807, 2.05) is 6.92 Å². The Kier molecular flexibility index (Phi) is 2.34. The van der Waals surface area contributed by atoms with Gasteiger partial charge in [-0.3, -0.25) is 4.90 Å². The van der Waals surface area contributed by atoms with Gasteiger partial charge in [0, 0.05) is 25.2 Å². The van der Waals surface area contributed by atoms with Gasteiger partial charge in [-0.2, -0.15) is 0 Å². The maximum atomic E-state index is 10.1. The highest BCUT2D eigenvalue weighted by Crippen LogP contribution is 2.34. The van der Waals surface area contributed by atoms with Crippen LogP contribution in [0.5, 0.6) is 0 Å². The van der Waals surface area contributed by atoms with Crippen molar-refractivity contribution >= 4 is 0 Å². The van der Waals surface area contributed by atoms with Crippen molar-refractivity contribution in [3.05, 3.63) is 0 Å². The lowest BCUT2D eigenvalue weighted by Gasteiger charge is -2.33. The molecule has 0 radical (unpaired) electrons. The van der Waals surface area contributed by atoms with Crippen molar-refractivity contribution in [2.75, 3.05) is 13.1 Å². The van der Waals surface area contributed by atoms with Crippen LogP contribution in [-0.4, -0.2) is 40.8 Å². The molecule has 0 aromatic heterocycles. The molecular formula is C10H20N2O. The fraction of sp³-hybridized carbons (Fsp3) is 1.00. The van der Waals surface area contributed by atoms with E-state index in [4.69, 9.17) is 5.73 Å². The van der Waals surface area contributed by atoms with Crippen LogP contribution in [0.2, 0.25) is 0 Å². The lowest BCUT2D eigenvalue weighted by Crippen LogP contribution is -2.47. The van der Waals surface area contributed by atoms with Gasteiger partial charge in [-0.1, -0.05) is 0 Å². The number of hydrogen-bond acceptors (Lipinski definition) is 3. The number of nitrogens with two attached hydrogens (primary N) is 1. The molecule has 76 valence electrons. The SMILES string of the molecule is CC1(O)CCCC1N1CC[C@H](N)C1. The van der Waals surface area contributed by atoms with Crippen LogP contribution in [-0.2, 0) is 0 Å². The molecule has 0 aromatic carbocycles. The minimum atomic E-state index is -0.468. The molecule has 2 aliphatic rings. The molecule has 0 aromatic rings. The summed E-state index contributed by atoms with van der Waals surface area (Å²) >= 11 is 0. The highest BCUT2D eigenvalue weighted by Gasteiger charge is 2.42. The van der Waals surface area contributed by atoms with Gasteiger partial charge in [0.05, 0.1) is 5.60 Å². The number of nitrogens with zero attached hydrogens (tertiary/aromatic N) is 1. The maximum absolute atomic E-state index is 10.1. The Bertz CT molecular complexity index is 193. The molecule has 0 amide bonds. The monoisotopic (exact) mass is 184 g/mol. The summed E-state index contributed by atoms with van der Waals surface area (Å²) in [6.07, 6.45) is 4.33. The van der Waals surface area contributed by atoms with Crippen LogP contribution in [0.15, 0.2) is 0 Å². The zero-order chi connectivity index (χ0) is 9.47. The van der Waals surface area contributed by atoms with Gasteiger partial charge in [-0.15, -0.1) is 0 Å². The molecule has 1 heterocycles. The summed E-state index contributed by atoms with van der Waals surface area (Å²) in [6.45, 7) is 4.01. The van der Waals surface area contributed by atoms with Crippen molar-refractivity contribution in [2.24, 2.45) is 5.73 Å². The normalized spacial score (nSPS) is 47.3. The van der Waals surface area contributed by atoms with Gasteiger partial charge in [0.25, 0.3) is 0 Å². The first-order chi connectivity index (χ1) is 6.09. The first-order valence-electron chi connectivity index (χ1n) is 5.31. The maximum Gasteiger partial charge on any atom is 0.0774 e. The number of rotatable bonds is 1. The average molecular weight is 184 g/mol. The molecule has 2 unspecified atom stereocenters. The molecule has 2 fully saturated rings. The van der Waals surface area contributed by atoms with E-state index in [1.165, 1.54) is 0 Å². The van der Waals surface area contributed by atoms with Crippen molar-refractivity contribution < 1.29 is 5.11 Å². The lowest BCUT2D eigenvalue weighted by molar-refractivity contribution is -0.00526. The first-order valence-corrected chi connectivity index (χ1v) is 5.31. The van der Waals surface area contributed by atoms with E-state index in [0.717, 1.165) is 38.8 Å². The van der Waals surface area contributed by atoms with E-state index < -0.39 is 5.60 Å². The van der Waals surface area contributed by atoms with Gasteiger partial charge in [-0.05, 0) is 32.6 Å².